The van der Waals surface area contributed by atoms with Gasteiger partial charge in [0.1, 0.15) is 11.5 Å². The zero-order valence-electron chi connectivity index (χ0n) is 22.4. The molecule has 2 aromatic carbocycles. The molecule has 0 unspecified atom stereocenters. The number of hydrogen-bond acceptors (Lipinski definition) is 8. The van der Waals surface area contributed by atoms with Gasteiger partial charge in [-0.25, -0.2) is 9.59 Å². The number of aliphatic hydroxyl groups is 1. The third-order valence-corrected chi connectivity index (χ3v) is 5.51. The molecule has 0 saturated carbocycles. The Kier molecular flexibility index (Phi) is 13.8. The summed E-state index contributed by atoms with van der Waals surface area (Å²) in [5, 5.41) is 8.87. The third kappa shape index (κ3) is 11.4. The maximum atomic E-state index is 12.6. The molecule has 0 aliphatic heterocycles. The maximum absolute atomic E-state index is 12.6. The molecule has 0 aliphatic carbocycles. The topological polar surface area (TPSA) is 108 Å². The number of aliphatic hydroxyl groups excluding tert-OH is 1. The summed E-state index contributed by atoms with van der Waals surface area (Å²) in [7, 11) is 0. The number of allylic oxidation sites excluding steroid dienone is 1. The van der Waals surface area contributed by atoms with Gasteiger partial charge in [-0.15, -0.1) is 0 Å². The fraction of sp³-hybridized carbons (Fsp3) is 0.323. The Morgan fingerprint density at radius 1 is 0.897 bits per heavy atom. The molecule has 2 rings (SSSR count). The molecule has 0 bridgehead atoms. The van der Waals surface area contributed by atoms with Crippen LogP contribution in [0.15, 0.2) is 73.3 Å². The van der Waals surface area contributed by atoms with Crippen LogP contribution in [0.5, 0.6) is 11.5 Å². The van der Waals surface area contributed by atoms with Crippen LogP contribution in [-0.4, -0.2) is 55.9 Å². The van der Waals surface area contributed by atoms with Crippen molar-refractivity contribution >= 4 is 23.8 Å². The highest BCUT2D eigenvalue weighted by Gasteiger charge is 2.08. The van der Waals surface area contributed by atoms with Crippen molar-refractivity contribution in [3.05, 3.63) is 90.0 Å². The number of esters is 2. The minimum atomic E-state index is -0.612. The second-order valence-electron chi connectivity index (χ2n) is 8.47. The normalized spacial score (nSPS) is 10.6. The van der Waals surface area contributed by atoms with E-state index in [1.807, 2.05) is 25.1 Å². The van der Waals surface area contributed by atoms with Crippen LogP contribution in [0.25, 0.3) is 6.08 Å². The van der Waals surface area contributed by atoms with Gasteiger partial charge in [-0.1, -0.05) is 32.2 Å². The summed E-state index contributed by atoms with van der Waals surface area (Å²) in [5.74, 6) is 0.233. The lowest BCUT2D eigenvalue weighted by atomic mass is 10.1. The van der Waals surface area contributed by atoms with E-state index in [9.17, 15) is 14.4 Å². The van der Waals surface area contributed by atoms with Crippen LogP contribution in [0.1, 0.15) is 47.7 Å². The zero-order chi connectivity index (χ0) is 28.5. The summed E-state index contributed by atoms with van der Waals surface area (Å²) in [6.07, 6.45) is 7.10. The molecule has 0 aliphatic rings. The number of ketones is 1. The van der Waals surface area contributed by atoms with E-state index in [0.717, 1.165) is 35.8 Å². The largest absolute Gasteiger partial charge is 0.494 e. The van der Waals surface area contributed by atoms with Crippen LogP contribution in [0.3, 0.4) is 0 Å². The molecule has 1 N–H and O–H groups in total. The highest BCUT2D eigenvalue weighted by atomic mass is 16.5. The smallest absolute Gasteiger partial charge is 0.335 e. The van der Waals surface area contributed by atoms with Crippen LogP contribution in [0.2, 0.25) is 0 Å². The van der Waals surface area contributed by atoms with Crippen LogP contribution in [0.4, 0.5) is 0 Å². The van der Waals surface area contributed by atoms with Crippen molar-refractivity contribution in [2.45, 2.75) is 32.6 Å². The fourth-order valence-electron chi connectivity index (χ4n) is 3.30. The molecule has 8 heteroatoms. The number of unbranched alkanes of at least 4 members (excludes halogenated alkanes) is 1. The molecule has 0 spiro atoms. The average Bonchev–Trinajstić information content (AvgIpc) is 2.97. The lowest BCUT2D eigenvalue weighted by Gasteiger charge is -2.12. The minimum Gasteiger partial charge on any atom is -0.494 e. The molecule has 0 fully saturated rings. The van der Waals surface area contributed by atoms with E-state index in [-0.39, 0.29) is 18.0 Å². The van der Waals surface area contributed by atoms with E-state index in [0.29, 0.717) is 44.0 Å². The van der Waals surface area contributed by atoms with Crippen LogP contribution >= 0.6 is 0 Å². The standard InChI is InChI=1S/C31H36O8/c1-4-25-21-24(10-16-29(25)37-19-8-20-39-31(35)23(3)22-32)9-15-28(33)26-11-13-27(14-12-26)36-17-6-7-18-38-30(34)5-2/h5,9-16,21,32H,2-4,6-8,17-20,22H2,1H3/b15-9+. The Hall–Kier alpha value is -4.17. The van der Waals surface area contributed by atoms with Crippen LogP contribution in [-0.2, 0) is 25.5 Å². The Morgan fingerprint density at radius 2 is 1.59 bits per heavy atom. The zero-order valence-corrected chi connectivity index (χ0v) is 22.4. The Morgan fingerprint density at radius 3 is 2.28 bits per heavy atom. The number of carbonyl (C=O) groups excluding carboxylic acids is 3. The first-order valence-corrected chi connectivity index (χ1v) is 12.8. The van der Waals surface area contributed by atoms with Crippen molar-refractivity contribution < 1.29 is 38.4 Å². The lowest BCUT2D eigenvalue weighted by molar-refractivity contribution is -0.140. The quantitative estimate of drug-likeness (QED) is 0.124. The third-order valence-electron chi connectivity index (χ3n) is 5.51. The van der Waals surface area contributed by atoms with Crippen molar-refractivity contribution in [3.63, 3.8) is 0 Å². The van der Waals surface area contributed by atoms with Gasteiger partial charge in [0.15, 0.2) is 5.78 Å². The molecule has 2 aromatic rings. The molecule has 0 saturated heterocycles. The summed E-state index contributed by atoms with van der Waals surface area (Å²) in [4.78, 5) is 35.1. The van der Waals surface area contributed by atoms with E-state index < -0.39 is 18.5 Å². The first kappa shape index (κ1) is 31.1. The highest BCUT2D eigenvalue weighted by molar-refractivity contribution is 6.06. The number of hydrogen-bond donors (Lipinski definition) is 1. The van der Waals surface area contributed by atoms with Gasteiger partial charge in [-0.3, -0.25) is 4.79 Å². The summed E-state index contributed by atoms with van der Waals surface area (Å²) in [6, 6.07) is 12.7. The lowest BCUT2D eigenvalue weighted by Crippen LogP contribution is -2.12. The molecule has 0 heterocycles. The molecular weight excluding hydrogens is 500 g/mol. The summed E-state index contributed by atoms with van der Waals surface area (Å²) >= 11 is 0. The summed E-state index contributed by atoms with van der Waals surface area (Å²) in [5.41, 5.74) is 2.44. The minimum absolute atomic E-state index is 0.0197. The van der Waals surface area contributed by atoms with Gasteiger partial charge in [-0.2, -0.15) is 0 Å². The van der Waals surface area contributed by atoms with Gasteiger partial charge in [0.05, 0.1) is 38.6 Å². The van der Waals surface area contributed by atoms with Gasteiger partial charge in [0, 0.05) is 18.1 Å². The predicted octanol–water partition coefficient (Wildman–Crippen LogP) is 4.89. The maximum Gasteiger partial charge on any atom is 0.335 e. The number of aryl methyl sites for hydroxylation is 1. The summed E-state index contributed by atoms with van der Waals surface area (Å²) < 4.78 is 21.4. The molecular formula is C31H36O8. The Labute approximate surface area is 229 Å². The van der Waals surface area contributed by atoms with Crippen LogP contribution < -0.4 is 9.47 Å². The van der Waals surface area contributed by atoms with Crippen molar-refractivity contribution in [2.24, 2.45) is 0 Å². The van der Waals surface area contributed by atoms with Gasteiger partial charge >= 0.3 is 11.9 Å². The van der Waals surface area contributed by atoms with E-state index >= 15 is 0 Å². The second-order valence-corrected chi connectivity index (χ2v) is 8.47. The highest BCUT2D eigenvalue weighted by Crippen LogP contribution is 2.22. The SMILES string of the molecule is C=CC(=O)OCCCCOc1ccc(C(=O)/C=C/c2ccc(OCCCOC(=O)C(=C)CO)c(CC)c2)cc1. The van der Waals surface area contributed by atoms with Crippen molar-refractivity contribution in [1.82, 2.24) is 0 Å². The molecule has 208 valence electrons. The van der Waals surface area contributed by atoms with Crippen molar-refractivity contribution in [3.8, 4) is 11.5 Å². The molecule has 0 amide bonds. The van der Waals surface area contributed by atoms with Crippen molar-refractivity contribution in [2.75, 3.05) is 33.0 Å². The first-order valence-electron chi connectivity index (χ1n) is 12.8. The average molecular weight is 537 g/mol. The monoisotopic (exact) mass is 536 g/mol. The van der Waals surface area contributed by atoms with Gasteiger partial charge in [0.25, 0.3) is 0 Å². The van der Waals surface area contributed by atoms with Crippen molar-refractivity contribution in [1.29, 1.82) is 0 Å². The molecule has 8 nitrogen and oxygen atoms in total. The van der Waals surface area contributed by atoms with E-state index in [2.05, 4.69) is 13.2 Å². The summed E-state index contributed by atoms with van der Waals surface area (Å²) in [6.45, 7) is 9.70. The van der Waals surface area contributed by atoms with Gasteiger partial charge in [0.2, 0.25) is 0 Å². The van der Waals surface area contributed by atoms with Crippen LogP contribution in [0, 0.1) is 0 Å². The number of ether oxygens (including phenoxy) is 4. The Bertz CT molecular complexity index is 1150. The molecule has 0 aromatic heterocycles. The van der Waals surface area contributed by atoms with E-state index in [1.54, 1.807) is 30.3 Å². The fourth-order valence-corrected chi connectivity index (χ4v) is 3.30. The molecule has 0 radical (unpaired) electrons. The van der Waals surface area contributed by atoms with E-state index in [4.69, 9.17) is 24.1 Å². The van der Waals surface area contributed by atoms with Gasteiger partial charge < -0.3 is 24.1 Å². The second kappa shape index (κ2) is 17.4. The van der Waals surface area contributed by atoms with Gasteiger partial charge in [-0.05, 0) is 72.9 Å². The predicted molar refractivity (Wildman–Crippen MR) is 149 cm³/mol. The number of benzene rings is 2. The van der Waals surface area contributed by atoms with E-state index in [1.165, 1.54) is 6.08 Å². The molecule has 0 atom stereocenters. The number of rotatable bonds is 18. The number of carbonyl (C=O) groups is 3. The first-order chi connectivity index (χ1) is 18.9. The molecule has 39 heavy (non-hydrogen) atoms. The Balaban J connectivity index is 1.79.